The van der Waals surface area contributed by atoms with E-state index in [1.807, 2.05) is 18.2 Å². The standard InChI is InChI=1S/C13H20N2O/c1-13(2)7-10(13)8-14-9-11-5-4-6-12(15-11)16-3/h4-6,10,14H,7-9H2,1-3H3. The first-order valence-corrected chi connectivity index (χ1v) is 5.82. The van der Waals surface area contributed by atoms with Crippen molar-refractivity contribution in [3.63, 3.8) is 0 Å². The molecule has 1 saturated carbocycles. The zero-order valence-corrected chi connectivity index (χ0v) is 10.3. The summed E-state index contributed by atoms with van der Waals surface area (Å²) in [5, 5.41) is 3.45. The molecule has 0 radical (unpaired) electrons. The molecule has 1 unspecified atom stereocenters. The van der Waals surface area contributed by atoms with Crippen LogP contribution in [-0.4, -0.2) is 18.6 Å². The van der Waals surface area contributed by atoms with Crippen LogP contribution in [-0.2, 0) is 6.54 Å². The van der Waals surface area contributed by atoms with E-state index in [-0.39, 0.29) is 0 Å². The first-order valence-electron chi connectivity index (χ1n) is 5.82. The fourth-order valence-corrected chi connectivity index (χ4v) is 1.97. The molecule has 3 heteroatoms. The van der Waals surface area contributed by atoms with Crippen LogP contribution in [0.5, 0.6) is 5.88 Å². The monoisotopic (exact) mass is 220 g/mol. The first-order chi connectivity index (χ1) is 7.62. The summed E-state index contributed by atoms with van der Waals surface area (Å²) in [6.45, 7) is 6.56. The van der Waals surface area contributed by atoms with Crippen molar-refractivity contribution >= 4 is 0 Å². The van der Waals surface area contributed by atoms with E-state index in [4.69, 9.17) is 4.74 Å². The van der Waals surface area contributed by atoms with Crippen molar-refractivity contribution in [3.8, 4) is 5.88 Å². The number of rotatable bonds is 5. The van der Waals surface area contributed by atoms with Gasteiger partial charge in [-0.15, -0.1) is 0 Å². The van der Waals surface area contributed by atoms with Crippen LogP contribution in [0.25, 0.3) is 0 Å². The topological polar surface area (TPSA) is 34.1 Å². The molecule has 0 bridgehead atoms. The number of methoxy groups -OCH3 is 1. The lowest BCUT2D eigenvalue weighted by molar-refractivity contribution is 0.395. The molecule has 1 N–H and O–H groups in total. The van der Waals surface area contributed by atoms with Gasteiger partial charge in [0.2, 0.25) is 5.88 Å². The molecule has 3 nitrogen and oxygen atoms in total. The van der Waals surface area contributed by atoms with Crippen molar-refractivity contribution in [2.45, 2.75) is 26.8 Å². The molecule has 1 heterocycles. The Labute approximate surface area is 97.2 Å². The second-order valence-electron chi connectivity index (χ2n) is 5.19. The average Bonchev–Trinajstić information content (AvgIpc) is 2.87. The Kier molecular flexibility index (Phi) is 3.15. The molecule has 1 aromatic rings. The van der Waals surface area contributed by atoms with Gasteiger partial charge in [-0.25, -0.2) is 4.98 Å². The van der Waals surface area contributed by atoms with Crippen molar-refractivity contribution in [2.75, 3.05) is 13.7 Å². The van der Waals surface area contributed by atoms with Gasteiger partial charge in [0.15, 0.2) is 0 Å². The summed E-state index contributed by atoms with van der Waals surface area (Å²) in [6.07, 6.45) is 1.34. The van der Waals surface area contributed by atoms with E-state index >= 15 is 0 Å². The molecule has 0 aliphatic heterocycles. The predicted molar refractivity (Wildman–Crippen MR) is 64.4 cm³/mol. The molecule has 1 atom stereocenters. The van der Waals surface area contributed by atoms with Gasteiger partial charge in [0.25, 0.3) is 0 Å². The fourth-order valence-electron chi connectivity index (χ4n) is 1.97. The molecule has 1 aliphatic carbocycles. The molecule has 88 valence electrons. The van der Waals surface area contributed by atoms with Gasteiger partial charge >= 0.3 is 0 Å². The van der Waals surface area contributed by atoms with Crippen LogP contribution in [0.4, 0.5) is 0 Å². The molecular weight excluding hydrogens is 200 g/mol. The van der Waals surface area contributed by atoms with E-state index < -0.39 is 0 Å². The molecule has 1 aromatic heterocycles. The SMILES string of the molecule is COc1cccc(CNCC2CC2(C)C)n1. The molecular formula is C13H20N2O. The van der Waals surface area contributed by atoms with E-state index in [1.165, 1.54) is 6.42 Å². The van der Waals surface area contributed by atoms with Gasteiger partial charge in [-0.05, 0) is 30.4 Å². The predicted octanol–water partition coefficient (Wildman–Crippen LogP) is 2.23. The van der Waals surface area contributed by atoms with Gasteiger partial charge in [0, 0.05) is 12.6 Å². The Morgan fingerprint density at radius 2 is 2.25 bits per heavy atom. The lowest BCUT2D eigenvalue weighted by atomic mass is 10.1. The Hall–Kier alpha value is -1.09. The van der Waals surface area contributed by atoms with Crippen molar-refractivity contribution in [3.05, 3.63) is 23.9 Å². The first kappa shape index (κ1) is 11.4. The van der Waals surface area contributed by atoms with Gasteiger partial charge in [0.1, 0.15) is 0 Å². The zero-order chi connectivity index (χ0) is 11.6. The summed E-state index contributed by atoms with van der Waals surface area (Å²) in [6, 6.07) is 5.87. The molecule has 1 aliphatic rings. The third-order valence-corrected chi connectivity index (χ3v) is 3.40. The zero-order valence-electron chi connectivity index (χ0n) is 10.3. The van der Waals surface area contributed by atoms with Gasteiger partial charge < -0.3 is 10.1 Å². The minimum atomic E-state index is 0.550. The molecule has 2 rings (SSSR count). The van der Waals surface area contributed by atoms with Crippen LogP contribution in [0.1, 0.15) is 26.0 Å². The summed E-state index contributed by atoms with van der Waals surface area (Å²) in [5.74, 6) is 1.52. The van der Waals surface area contributed by atoms with E-state index in [0.717, 1.165) is 24.7 Å². The largest absolute Gasteiger partial charge is 0.481 e. The van der Waals surface area contributed by atoms with Crippen LogP contribution >= 0.6 is 0 Å². The van der Waals surface area contributed by atoms with Crippen molar-refractivity contribution in [1.82, 2.24) is 10.3 Å². The molecule has 16 heavy (non-hydrogen) atoms. The molecule has 1 fully saturated rings. The van der Waals surface area contributed by atoms with Crippen LogP contribution in [0.15, 0.2) is 18.2 Å². The maximum Gasteiger partial charge on any atom is 0.213 e. The summed E-state index contributed by atoms with van der Waals surface area (Å²) in [7, 11) is 1.65. The van der Waals surface area contributed by atoms with Crippen molar-refractivity contribution in [2.24, 2.45) is 11.3 Å². The summed E-state index contributed by atoms with van der Waals surface area (Å²) in [5.41, 5.74) is 1.59. The number of ether oxygens (including phenoxy) is 1. The summed E-state index contributed by atoms with van der Waals surface area (Å²) >= 11 is 0. The van der Waals surface area contributed by atoms with Crippen LogP contribution in [0, 0.1) is 11.3 Å². The van der Waals surface area contributed by atoms with Gasteiger partial charge in [0.05, 0.1) is 12.8 Å². The molecule has 0 amide bonds. The number of nitrogens with one attached hydrogen (secondary N) is 1. The maximum absolute atomic E-state index is 5.09. The number of pyridine rings is 1. The number of nitrogens with zero attached hydrogens (tertiary/aromatic N) is 1. The van der Waals surface area contributed by atoms with Gasteiger partial charge in [-0.2, -0.15) is 0 Å². The third-order valence-electron chi connectivity index (χ3n) is 3.40. The van der Waals surface area contributed by atoms with Gasteiger partial charge in [-0.3, -0.25) is 0 Å². The average molecular weight is 220 g/mol. The summed E-state index contributed by atoms with van der Waals surface area (Å²) in [4.78, 5) is 4.36. The fraction of sp³-hybridized carbons (Fsp3) is 0.615. The van der Waals surface area contributed by atoms with E-state index in [2.05, 4.69) is 24.1 Å². The minimum absolute atomic E-state index is 0.550. The van der Waals surface area contributed by atoms with Crippen LogP contribution in [0.2, 0.25) is 0 Å². The highest BCUT2D eigenvalue weighted by Gasteiger charge is 2.44. The molecule has 0 aromatic carbocycles. The second-order valence-corrected chi connectivity index (χ2v) is 5.19. The van der Waals surface area contributed by atoms with Gasteiger partial charge in [-0.1, -0.05) is 19.9 Å². The minimum Gasteiger partial charge on any atom is -0.481 e. The summed E-state index contributed by atoms with van der Waals surface area (Å²) < 4.78 is 5.09. The van der Waals surface area contributed by atoms with Crippen molar-refractivity contribution in [1.29, 1.82) is 0 Å². The maximum atomic E-state index is 5.09. The number of hydrogen-bond acceptors (Lipinski definition) is 3. The Morgan fingerprint density at radius 1 is 1.50 bits per heavy atom. The number of hydrogen-bond donors (Lipinski definition) is 1. The highest BCUT2D eigenvalue weighted by Crippen LogP contribution is 2.50. The molecule has 0 saturated heterocycles. The van der Waals surface area contributed by atoms with E-state index in [0.29, 0.717) is 11.3 Å². The Balaban J connectivity index is 1.77. The van der Waals surface area contributed by atoms with E-state index in [9.17, 15) is 0 Å². The lowest BCUT2D eigenvalue weighted by Gasteiger charge is -2.06. The van der Waals surface area contributed by atoms with Crippen LogP contribution < -0.4 is 10.1 Å². The lowest BCUT2D eigenvalue weighted by Crippen LogP contribution is -2.18. The smallest absolute Gasteiger partial charge is 0.213 e. The third kappa shape index (κ3) is 2.73. The normalized spacial score (nSPS) is 21.8. The Morgan fingerprint density at radius 3 is 2.88 bits per heavy atom. The van der Waals surface area contributed by atoms with Crippen molar-refractivity contribution < 1.29 is 4.74 Å². The van der Waals surface area contributed by atoms with Crippen LogP contribution in [0.3, 0.4) is 0 Å². The highest BCUT2D eigenvalue weighted by molar-refractivity contribution is 5.15. The second kappa shape index (κ2) is 4.42. The Bertz CT molecular complexity index is 363. The van der Waals surface area contributed by atoms with E-state index in [1.54, 1.807) is 7.11 Å². The molecule has 0 spiro atoms. The highest BCUT2D eigenvalue weighted by atomic mass is 16.5. The number of aromatic nitrogens is 1. The quantitative estimate of drug-likeness (QED) is 0.826.